The molecule has 0 amide bonds. The highest BCUT2D eigenvalue weighted by molar-refractivity contribution is 4.63. The maximum Gasteiger partial charge on any atom is -0.0382 e. The van der Waals surface area contributed by atoms with Crippen molar-refractivity contribution in [1.29, 1.82) is 0 Å². The van der Waals surface area contributed by atoms with Crippen molar-refractivity contribution in [2.75, 3.05) is 0 Å². The lowest BCUT2D eigenvalue weighted by molar-refractivity contribution is 0.349. The summed E-state index contributed by atoms with van der Waals surface area (Å²) in [6, 6.07) is 0. The molecule has 0 heterocycles. The molecule has 0 saturated heterocycles. The Labute approximate surface area is 485 Å². The molecule has 1 fully saturated rings. The lowest BCUT2D eigenvalue weighted by Gasteiger charge is -2.18. The van der Waals surface area contributed by atoms with Gasteiger partial charge in [-0.1, -0.05) is 463 Å². The molecular weight excluding hydrogens is 901 g/mol. The molecule has 0 radical (unpaired) electrons. The number of unbranched alkanes of at least 4 members (excludes halogenated alkanes) is 43. The fraction of sp³-hybridized carbons (Fsp3) is 0.973. The minimum Gasteiger partial charge on any atom is -0.103 e. The predicted molar refractivity (Wildman–Crippen MR) is 361 cm³/mol. The highest BCUT2D eigenvalue weighted by Crippen LogP contribution is 2.25. The number of hydrogen-bond donors (Lipinski definition) is 0. The van der Waals surface area contributed by atoms with Crippen molar-refractivity contribution in [3.05, 3.63) is 12.7 Å². The Bertz CT molecular complexity index is 727. The van der Waals surface area contributed by atoms with Crippen LogP contribution in [0.15, 0.2) is 12.7 Å². The summed E-state index contributed by atoms with van der Waals surface area (Å²) in [5.74, 6) is 2.02. The molecule has 0 N–H and O–H groups in total. The van der Waals surface area contributed by atoms with Crippen LogP contribution in [0.5, 0.6) is 0 Å². The number of allylic oxidation sites excluding steroid dienone is 1. The Morgan fingerprint density at radius 2 is 0.427 bits per heavy atom. The van der Waals surface area contributed by atoms with E-state index in [1.807, 2.05) is 19.9 Å². The van der Waals surface area contributed by atoms with E-state index in [1.54, 1.807) is 0 Å². The van der Waals surface area contributed by atoms with Crippen molar-refractivity contribution in [3.8, 4) is 0 Å². The maximum absolute atomic E-state index is 3.48. The summed E-state index contributed by atoms with van der Waals surface area (Å²) in [5.41, 5.74) is 0. The van der Waals surface area contributed by atoms with Gasteiger partial charge in [0.2, 0.25) is 0 Å². The molecule has 462 valence electrons. The van der Waals surface area contributed by atoms with Gasteiger partial charge < -0.3 is 0 Å². The Kier molecular flexibility index (Phi) is 117. The van der Waals surface area contributed by atoms with Gasteiger partial charge in [-0.3, -0.25) is 0 Å². The average molecular weight is 1060 g/mol. The zero-order chi connectivity index (χ0) is 57.5. The zero-order valence-electron chi connectivity index (χ0n) is 57.0. The van der Waals surface area contributed by atoms with Crippen LogP contribution in [-0.2, 0) is 0 Å². The van der Waals surface area contributed by atoms with Crippen molar-refractivity contribution < 1.29 is 0 Å². The Morgan fingerprint density at radius 1 is 0.280 bits per heavy atom. The van der Waals surface area contributed by atoms with Crippen LogP contribution >= 0.6 is 0 Å². The third kappa shape index (κ3) is 114. The van der Waals surface area contributed by atoms with Gasteiger partial charge >= 0.3 is 0 Å². The van der Waals surface area contributed by atoms with Gasteiger partial charge in [0, 0.05) is 0 Å². The van der Waals surface area contributed by atoms with E-state index < -0.39 is 0 Å². The van der Waals surface area contributed by atoms with Gasteiger partial charge in [0.25, 0.3) is 0 Å². The van der Waals surface area contributed by atoms with Crippen LogP contribution in [0.2, 0.25) is 0 Å². The van der Waals surface area contributed by atoms with Gasteiger partial charge in [-0.05, 0) is 18.3 Å². The lowest BCUT2D eigenvalue weighted by atomic mass is 9.88. The van der Waals surface area contributed by atoms with Crippen molar-refractivity contribution in [1.82, 2.24) is 0 Å². The molecule has 1 rings (SSSR count). The first-order chi connectivity index (χ1) is 36.8. The van der Waals surface area contributed by atoms with Crippen molar-refractivity contribution in [2.45, 2.75) is 463 Å². The lowest BCUT2D eigenvalue weighted by Crippen LogP contribution is -2.03. The van der Waals surface area contributed by atoms with Crippen LogP contribution in [0.1, 0.15) is 463 Å². The molecular formula is C75H162. The smallest absolute Gasteiger partial charge is 0.0382 e. The van der Waals surface area contributed by atoms with Crippen molar-refractivity contribution in [2.24, 2.45) is 11.8 Å². The minimum atomic E-state index is 0.935. The molecule has 1 aliphatic rings. The first-order valence-corrected chi connectivity index (χ1v) is 36.4. The number of hydrogen-bond acceptors (Lipinski definition) is 0. The van der Waals surface area contributed by atoms with Gasteiger partial charge in [-0.2, -0.15) is 0 Å². The Hall–Kier alpha value is -0.260. The van der Waals surface area contributed by atoms with E-state index in [0.717, 1.165) is 18.3 Å². The molecule has 0 heteroatoms. The monoisotopic (exact) mass is 1060 g/mol. The zero-order valence-corrected chi connectivity index (χ0v) is 57.0. The quantitative estimate of drug-likeness (QED) is 0.0421. The predicted octanol–water partition coefficient (Wildman–Crippen LogP) is 30.5. The van der Waals surface area contributed by atoms with Crippen LogP contribution in [0.3, 0.4) is 0 Å². The van der Waals surface area contributed by atoms with E-state index in [0.29, 0.717) is 0 Å². The van der Waals surface area contributed by atoms with Gasteiger partial charge in [0.15, 0.2) is 0 Å². The third-order valence-corrected chi connectivity index (χ3v) is 15.6. The molecule has 0 bridgehead atoms. The van der Waals surface area contributed by atoms with Crippen LogP contribution in [0.4, 0.5) is 0 Å². The van der Waals surface area contributed by atoms with E-state index >= 15 is 0 Å². The molecule has 0 nitrogen and oxygen atoms in total. The molecule has 0 unspecified atom stereocenters. The van der Waals surface area contributed by atoms with Gasteiger partial charge in [-0.25, -0.2) is 0 Å². The highest BCUT2D eigenvalue weighted by Gasteiger charge is 2.09. The van der Waals surface area contributed by atoms with Crippen LogP contribution in [-0.4, -0.2) is 0 Å². The summed E-state index contributed by atoms with van der Waals surface area (Å²) < 4.78 is 0. The topological polar surface area (TPSA) is 0 Å². The summed E-state index contributed by atoms with van der Waals surface area (Å²) in [4.78, 5) is 0. The first-order valence-electron chi connectivity index (χ1n) is 36.4. The maximum atomic E-state index is 3.48. The second-order valence-electron chi connectivity index (χ2n) is 23.3. The second kappa shape index (κ2) is 99.1. The van der Waals surface area contributed by atoms with Crippen LogP contribution < -0.4 is 0 Å². The molecule has 0 aromatic carbocycles. The average Bonchev–Trinajstić information content (AvgIpc) is 3.45. The van der Waals surface area contributed by atoms with Crippen molar-refractivity contribution in [3.63, 3.8) is 0 Å². The summed E-state index contributed by atoms with van der Waals surface area (Å²) >= 11 is 0. The third-order valence-electron chi connectivity index (χ3n) is 15.6. The summed E-state index contributed by atoms with van der Waals surface area (Å²) in [5, 5.41) is 0. The Morgan fingerprint density at radius 3 is 0.520 bits per heavy atom. The molecule has 0 spiro atoms. The molecule has 0 aliphatic heterocycles. The first kappa shape index (κ1) is 88.6. The molecule has 0 aromatic rings. The molecule has 0 atom stereocenters. The highest BCUT2D eigenvalue weighted by atomic mass is 14.2. The second-order valence-corrected chi connectivity index (χ2v) is 23.3. The van der Waals surface area contributed by atoms with E-state index in [-0.39, 0.29) is 0 Å². The normalized spacial score (nSPS) is 11.6. The van der Waals surface area contributed by atoms with Crippen LogP contribution in [0, 0.1) is 11.8 Å². The molecule has 0 aromatic heterocycles. The standard InChI is InChI=1S/C21H44.C16H34.C11H24.C8H16.C7H16.C6H14.C4H8.C2H6/c1-3-5-7-9-11-13-15-17-19-21-20-18-16-14-12-10-8-6-4-2;1-3-5-7-9-11-13-15-16-14-12-10-8-6-4-2;1-3-5-7-9-11-10-8-6-4-2;1-2-8-6-4-3-5-7-8;1-3-5-7-6-4-2;1-4-6(3)5-2;1-3-4-2;1-2/h3-21H2,1-2H3;3-16H2,1-2H3;3-11H2,1-2H3;8H,2-7H2,1H3;3-7H2,1-2H3;6H,4-5H2,1-3H3;3H,1,4H2,2H3;1-2H3. The van der Waals surface area contributed by atoms with E-state index in [9.17, 15) is 0 Å². The van der Waals surface area contributed by atoms with E-state index in [1.165, 1.54) is 353 Å². The van der Waals surface area contributed by atoms with Crippen LogP contribution in [0.25, 0.3) is 0 Å². The number of rotatable bonds is 47. The SMILES string of the molecule is C=CCC.CC.CCC(C)CC.CCC1CCCCC1.CCCCCCC.CCCCCCCCCCC.CCCCCCCCCCCCCCCC.CCCCCCCCCCCCCCCCCCCCC. The summed E-state index contributed by atoms with van der Waals surface area (Å²) in [6.45, 7) is 36.8. The largest absolute Gasteiger partial charge is 0.103 e. The van der Waals surface area contributed by atoms with E-state index in [2.05, 4.69) is 96.6 Å². The van der Waals surface area contributed by atoms with Crippen molar-refractivity contribution >= 4 is 0 Å². The molecule has 75 heavy (non-hydrogen) atoms. The molecule has 1 aliphatic carbocycles. The fourth-order valence-corrected chi connectivity index (χ4v) is 9.36. The van der Waals surface area contributed by atoms with E-state index in [4.69, 9.17) is 0 Å². The summed E-state index contributed by atoms with van der Waals surface area (Å²) in [7, 11) is 0. The van der Waals surface area contributed by atoms with Gasteiger partial charge in [0.05, 0.1) is 0 Å². The summed E-state index contributed by atoms with van der Waals surface area (Å²) in [6.07, 6.45) is 82.8. The molecule has 1 saturated carbocycles. The fourth-order valence-electron chi connectivity index (χ4n) is 9.36. The minimum absolute atomic E-state index is 0.935. The Balaban J connectivity index is -0.000000152. The van der Waals surface area contributed by atoms with Gasteiger partial charge in [0.1, 0.15) is 0 Å². The van der Waals surface area contributed by atoms with Gasteiger partial charge in [-0.15, -0.1) is 6.58 Å².